The molecule has 0 aliphatic carbocycles. The first-order chi connectivity index (χ1) is 9.99. The molecule has 0 radical (unpaired) electrons. The molecule has 0 unspecified atom stereocenters. The molecule has 0 aromatic heterocycles. The van der Waals surface area contributed by atoms with Crippen LogP contribution in [0.1, 0.15) is 25.3 Å². The van der Waals surface area contributed by atoms with Gasteiger partial charge in [0.1, 0.15) is 5.75 Å². The summed E-state index contributed by atoms with van der Waals surface area (Å²) in [4.78, 5) is 14.1. The summed E-state index contributed by atoms with van der Waals surface area (Å²) in [6, 6.07) is 5.58. The molecule has 1 saturated heterocycles. The summed E-state index contributed by atoms with van der Waals surface area (Å²) in [6.07, 6.45) is 2.10. The standard InChI is InChI=1S/C16H23ClN2O2/c1-11-14(17)6-3-7-15(11)21-10-16(20)19-8-4-5-13(9-19)12(2)18/h3,6-7,12-13H,4-5,8-10,18H2,1-2H3/t12-,13-/m0/s1. The quantitative estimate of drug-likeness (QED) is 0.930. The van der Waals surface area contributed by atoms with Crippen LogP contribution < -0.4 is 10.5 Å². The van der Waals surface area contributed by atoms with E-state index in [1.165, 1.54) is 0 Å². The zero-order chi connectivity index (χ0) is 15.4. The van der Waals surface area contributed by atoms with Crippen molar-refractivity contribution in [2.24, 2.45) is 11.7 Å². The molecule has 2 N–H and O–H groups in total. The van der Waals surface area contributed by atoms with E-state index in [0.29, 0.717) is 16.7 Å². The first-order valence-corrected chi connectivity index (χ1v) is 7.78. The maximum atomic E-state index is 12.3. The molecule has 21 heavy (non-hydrogen) atoms. The number of piperidine rings is 1. The molecular formula is C16H23ClN2O2. The van der Waals surface area contributed by atoms with Crippen LogP contribution in [0.3, 0.4) is 0 Å². The fourth-order valence-electron chi connectivity index (χ4n) is 2.64. The number of nitrogens with zero attached hydrogens (tertiary/aromatic N) is 1. The summed E-state index contributed by atoms with van der Waals surface area (Å²) < 4.78 is 5.62. The van der Waals surface area contributed by atoms with Crippen LogP contribution in [0.25, 0.3) is 0 Å². The smallest absolute Gasteiger partial charge is 0.260 e. The van der Waals surface area contributed by atoms with Gasteiger partial charge in [-0.2, -0.15) is 0 Å². The maximum absolute atomic E-state index is 12.3. The molecule has 5 heteroatoms. The maximum Gasteiger partial charge on any atom is 0.260 e. The van der Waals surface area contributed by atoms with E-state index in [1.54, 1.807) is 0 Å². The number of nitrogens with two attached hydrogens (primary N) is 1. The number of carbonyl (C=O) groups excluding carboxylic acids is 1. The molecule has 1 fully saturated rings. The van der Waals surface area contributed by atoms with Crippen molar-refractivity contribution in [3.8, 4) is 5.75 Å². The number of carbonyl (C=O) groups is 1. The predicted octanol–water partition coefficient (Wildman–Crippen LogP) is 2.61. The van der Waals surface area contributed by atoms with Crippen LogP contribution in [-0.4, -0.2) is 36.5 Å². The zero-order valence-electron chi connectivity index (χ0n) is 12.6. The number of rotatable bonds is 4. The fraction of sp³-hybridized carbons (Fsp3) is 0.562. The van der Waals surface area contributed by atoms with Gasteiger partial charge >= 0.3 is 0 Å². The van der Waals surface area contributed by atoms with Gasteiger partial charge in [0.2, 0.25) is 0 Å². The average molecular weight is 311 g/mol. The van der Waals surface area contributed by atoms with Crippen molar-refractivity contribution in [1.29, 1.82) is 0 Å². The third-order valence-corrected chi connectivity index (χ3v) is 4.53. The molecule has 1 heterocycles. The summed E-state index contributed by atoms with van der Waals surface area (Å²) >= 11 is 6.04. The first-order valence-electron chi connectivity index (χ1n) is 7.40. The highest BCUT2D eigenvalue weighted by Crippen LogP contribution is 2.25. The molecule has 1 amide bonds. The molecule has 0 saturated carbocycles. The number of ether oxygens (including phenoxy) is 1. The van der Waals surface area contributed by atoms with Crippen molar-refractivity contribution in [2.75, 3.05) is 19.7 Å². The highest BCUT2D eigenvalue weighted by Gasteiger charge is 2.26. The van der Waals surface area contributed by atoms with E-state index in [9.17, 15) is 4.79 Å². The lowest BCUT2D eigenvalue weighted by molar-refractivity contribution is -0.135. The largest absolute Gasteiger partial charge is 0.483 e. The van der Waals surface area contributed by atoms with Gasteiger partial charge in [0, 0.05) is 29.7 Å². The van der Waals surface area contributed by atoms with Crippen LogP contribution in [0.2, 0.25) is 5.02 Å². The molecule has 1 aromatic carbocycles. The number of hydrogen-bond acceptors (Lipinski definition) is 3. The predicted molar refractivity (Wildman–Crippen MR) is 84.6 cm³/mol. The summed E-state index contributed by atoms with van der Waals surface area (Å²) in [5.74, 6) is 1.06. The monoisotopic (exact) mass is 310 g/mol. The van der Waals surface area contributed by atoms with Crippen LogP contribution in [-0.2, 0) is 4.79 Å². The second-order valence-electron chi connectivity index (χ2n) is 5.75. The average Bonchev–Trinajstić information content (AvgIpc) is 2.48. The molecule has 1 aliphatic heterocycles. The van der Waals surface area contributed by atoms with Gasteiger partial charge in [-0.15, -0.1) is 0 Å². The zero-order valence-corrected chi connectivity index (χ0v) is 13.4. The normalized spacial score (nSPS) is 20.2. The van der Waals surface area contributed by atoms with Gasteiger partial charge in [-0.3, -0.25) is 4.79 Å². The summed E-state index contributed by atoms with van der Waals surface area (Å²) in [7, 11) is 0. The van der Waals surface area contributed by atoms with Gasteiger partial charge in [0.25, 0.3) is 5.91 Å². The first kappa shape index (κ1) is 16.1. The Morgan fingerprint density at radius 1 is 1.57 bits per heavy atom. The number of hydrogen-bond donors (Lipinski definition) is 1. The van der Waals surface area contributed by atoms with Crippen molar-refractivity contribution in [1.82, 2.24) is 4.90 Å². The highest BCUT2D eigenvalue weighted by atomic mass is 35.5. The second kappa shape index (κ2) is 7.14. The van der Waals surface area contributed by atoms with Gasteiger partial charge < -0.3 is 15.4 Å². The van der Waals surface area contributed by atoms with Gasteiger partial charge in [0.05, 0.1) is 0 Å². The van der Waals surface area contributed by atoms with E-state index in [-0.39, 0.29) is 18.6 Å². The van der Waals surface area contributed by atoms with E-state index >= 15 is 0 Å². The molecule has 1 aliphatic rings. The lowest BCUT2D eigenvalue weighted by Gasteiger charge is -2.34. The molecule has 116 valence electrons. The van der Waals surface area contributed by atoms with Crippen molar-refractivity contribution in [2.45, 2.75) is 32.7 Å². The minimum Gasteiger partial charge on any atom is -0.483 e. The van der Waals surface area contributed by atoms with Gasteiger partial charge in [-0.1, -0.05) is 17.7 Å². The van der Waals surface area contributed by atoms with Crippen molar-refractivity contribution in [3.63, 3.8) is 0 Å². The minimum absolute atomic E-state index is 0.0136. The molecular weight excluding hydrogens is 288 g/mol. The van der Waals surface area contributed by atoms with Crippen LogP contribution in [0.4, 0.5) is 0 Å². The van der Waals surface area contributed by atoms with E-state index < -0.39 is 0 Å². The van der Waals surface area contributed by atoms with Crippen LogP contribution in [0.15, 0.2) is 18.2 Å². The van der Waals surface area contributed by atoms with Crippen molar-refractivity contribution < 1.29 is 9.53 Å². The number of likely N-dealkylation sites (tertiary alicyclic amines) is 1. The Hall–Kier alpha value is -1.26. The minimum atomic E-state index is 0.0136. The fourth-order valence-corrected chi connectivity index (χ4v) is 2.81. The Balaban J connectivity index is 1.91. The van der Waals surface area contributed by atoms with Crippen molar-refractivity contribution >= 4 is 17.5 Å². The number of benzene rings is 1. The SMILES string of the molecule is Cc1c(Cl)cccc1OCC(=O)N1CCC[C@H]([C@H](C)N)C1. The second-order valence-corrected chi connectivity index (χ2v) is 6.16. The van der Waals surface area contributed by atoms with Gasteiger partial charge in [0.15, 0.2) is 6.61 Å². The van der Waals surface area contributed by atoms with Gasteiger partial charge in [-0.05, 0) is 44.7 Å². The number of halogens is 1. The summed E-state index contributed by atoms with van der Waals surface area (Å²) in [5.41, 5.74) is 6.81. The lowest BCUT2D eigenvalue weighted by Crippen LogP contribution is -2.46. The van der Waals surface area contributed by atoms with E-state index in [4.69, 9.17) is 22.1 Å². The topological polar surface area (TPSA) is 55.6 Å². The summed E-state index contributed by atoms with van der Waals surface area (Å²) in [5, 5.41) is 0.648. The number of amides is 1. The molecule has 4 nitrogen and oxygen atoms in total. The molecule has 0 spiro atoms. The Labute approximate surface area is 131 Å². The Morgan fingerprint density at radius 3 is 3.05 bits per heavy atom. The Kier molecular flexibility index (Phi) is 5.48. The third kappa shape index (κ3) is 4.11. The Bertz CT molecular complexity index is 505. The molecule has 0 bridgehead atoms. The molecule has 2 rings (SSSR count). The van der Waals surface area contributed by atoms with Crippen molar-refractivity contribution in [3.05, 3.63) is 28.8 Å². The van der Waals surface area contributed by atoms with E-state index in [2.05, 4.69) is 0 Å². The highest BCUT2D eigenvalue weighted by molar-refractivity contribution is 6.31. The van der Waals surface area contributed by atoms with E-state index in [1.807, 2.05) is 36.9 Å². The lowest BCUT2D eigenvalue weighted by atomic mass is 9.92. The van der Waals surface area contributed by atoms with E-state index in [0.717, 1.165) is 31.5 Å². The Morgan fingerprint density at radius 2 is 2.33 bits per heavy atom. The summed E-state index contributed by atoms with van der Waals surface area (Å²) in [6.45, 7) is 5.46. The van der Waals surface area contributed by atoms with Gasteiger partial charge in [-0.25, -0.2) is 0 Å². The van der Waals surface area contributed by atoms with Crippen LogP contribution in [0, 0.1) is 12.8 Å². The van der Waals surface area contributed by atoms with Crippen LogP contribution in [0.5, 0.6) is 5.75 Å². The third-order valence-electron chi connectivity index (χ3n) is 4.12. The van der Waals surface area contributed by atoms with Crippen LogP contribution >= 0.6 is 11.6 Å². The molecule has 1 aromatic rings. The molecule has 2 atom stereocenters.